The predicted octanol–water partition coefficient (Wildman–Crippen LogP) is 0.547. The molecule has 1 aromatic carbocycles. The number of ketones is 1. The third kappa shape index (κ3) is 3.82. The van der Waals surface area contributed by atoms with Crippen molar-refractivity contribution in [3.63, 3.8) is 0 Å². The van der Waals surface area contributed by atoms with Gasteiger partial charge in [0.1, 0.15) is 0 Å². The highest BCUT2D eigenvalue weighted by molar-refractivity contribution is 6.42. The predicted molar refractivity (Wildman–Crippen MR) is 62.3 cm³/mol. The molecule has 1 aromatic rings. The van der Waals surface area contributed by atoms with E-state index in [-0.39, 0.29) is 0 Å². The molecule has 0 aliphatic carbocycles. The molecule has 16 heavy (non-hydrogen) atoms. The molecule has 0 unspecified atom stereocenters. The van der Waals surface area contributed by atoms with Gasteiger partial charge < -0.3 is 10.2 Å². The molecular formula is C12H16N2O2. The van der Waals surface area contributed by atoms with Gasteiger partial charge in [-0.3, -0.25) is 9.59 Å². The second-order valence-electron chi connectivity index (χ2n) is 3.75. The van der Waals surface area contributed by atoms with Crippen molar-refractivity contribution in [2.45, 2.75) is 0 Å². The molecule has 4 nitrogen and oxygen atoms in total. The smallest absolute Gasteiger partial charge is 0.292 e. The zero-order valence-corrected chi connectivity index (χ0v) is 9.56. The van der Waals surface area contributed by atoms with Crippen LogP contribution in [0.15, 0.2) is 30.3 Å². The average molecular weight is 220 g/mol. The second kappa shape index (κ2) is 6.02. The Hall–Kier alpha value is -1.68. The van der Waals surface area contributed by atoms with Gasteiger partial charge in [0.25, 0.3) is 5.91 Å². The standard InChI is InChI=1S/C12H16N2O2/c1-14(2)9-8-13-12(16)11(15)10-6-4-3-5-7-10/h3-7H,8-9H2,1-2H3,(H,13,16). The van der Waals surface area contributed by atoms with Gasteiger partial charge in [0.15, 0.2) is 0 Å². The Morgan fingerprint density at radius 2 is 1.81 bits per heavy atom. The summed E-state index contributed by atoms with van der Waals surface area (Å²) in [5.41, 5.74) is 0.421. The number of benzene rings is 1. The Bertz CT molecular complexity index is 361. The summed E-state index contributed by atoms with van der Waals surface area (Å²) >= 11 is 0. The summed E-state index contributed by atoms with van der Waals surface area (Å²) in [5.74, 6) is -1.03. The van der Waals surface area contributed by atoms with Crippen LogP contribution in [0.2, 0.25) is 0 Å². The topological polar surface area (TPSA) is 49.4 Å². The van der Waals surface area contributed by atoms with Crippen LogP contribution in [0.25, 0.3) is 0 Å². The third-order valence-electron chi connectivity index (χ3n) is 2.09. The maximum Gasteiger partial charge on any atom is 0.292 e. The van der Waals surface area contributed by atoms with Gasteiger partial charge in [0, 0.05) is 18.7 Å². The number of hydrogen-bond acceptors (Lipinski definition) is 3. The lowest BCUT2D eigenvalue weighted by atomic mass is 10.1. The van der Waals surface area contributed by atoms with E-state index in [9.17, 15) is 9.59 Å². The van der Waals surface area contributed by atoms with E-state index in [0.29, 0.717) is 18.7 Å². The lowest BCUT2D eigenvalue weighted by Crippen LogP contribution is -2.35. The monoisotopic (exact) mass is 220 g/mol. The molecule has 0 aromatic heterocycles. The van der Waals surface area contributed by atoms with Crippen molar-refractivity contribution in [3.05, 3.63) is 35.9 Å². The van der Waals surface area contributed by atoms with Crippen LogP contribution < -0.4 is 5.32 Å². The summed E-state index contributed by atoms with van der Waals surface area (Å²) in [7, 11) is 3.82. The average Bonchev–Trinajstić information content (AvgIpc) is 2.28. The van der Waals surface area contributed by atoms with E-state index in [1.165, 1.54) is 0 Å². The molecule has 0 saturated heterocycles. The van der Waals surface area contributed by atoms with E-state index < -0.39 is 11.7 Å². The number of carbonyl (C=O) groups is 2. The molecule has 1 amide bonds. The maximum absolute atomic E-state index is 11.6. The molecule has 0 radical (unpaired) electrons. The highest BCUT2D eigenvalue weighted by Gasteiger charge is 2.14. The highest BCUT2D eigenvalue weighted by atomic mass is 16.2. The van der Waals surface area contributed by atoms with Crippen LogP contribution in [0.1, 0.15) is 10.4 Å². The molecule has 0 aliphatic rings. The number of nitrogens with zero attached hydrogens (tertiary/aromatic N) is 1. The molecule has 0 aliphatic heterocycles. The first-order chi connectivity index (χ1) is 7.61. The highest BCUT2D eigenvalue weighted by Crippen LogP contribution is 1.99. The van der Waals surface area contributed by atoms with E-state index in [4.69, 9.17) is 0 Å². The molecule has 0 heterocycles. The number of hydrogen-bond donors (Lipinski definition) is 1. The first-order valence-corrected chi connectivity index (χ1v) is 5.13. The van der Waals surface area contributed by atoms with Gasteiger partial charge in [-0.05, 0) is 14.1 Å². The fourth-order valence-electron chi connectivity index (χ4n) is 1.19. The summed E-state index contributed by atoms with van der Waals surface area (Å²) in [6, 6.07) is 8.54. The quantitative estimate of drug-likeness (QED) is 0.582. The summed E-state index contributed by atoms with van der Waals surface area (Å²) in [5, 5.41) is 2.58. The van der Waals surface area contributed by atoms with Gasteiger partial charge >= 0.3 is 0 Å². The van der Waals surface area contributed by atoms with Crippen LogP contribution in [0.5, 0.6) is 0 Å². The molecule has 4 heteroatoms. The Labute approximate surface area is 95.3 Å². The minimum Gasteiger partial charge on any atom is -0.348 e. The van der Waals surface area contributed by atoms with Gasteiger partial charge in [0.05, 0.1) is 0 Å². The van der Waals surface area contributed by atoms with Crippen molar-refractivity contribution >= 4 is 11.7 Å². The molecular weight excluding hydrogens is 204 g/mol. The number of Topliss-reactive ketones (excluding diaryl/α,β-unsaturated/α-hetero) is 1. The van der Waals surface area contributed by atoms with Crippen molar-refractivity contribution in [1.29, 1.82) is 0 Å². The zero-order chi connectivity index (χ0) is 12.0. The lowest BCUT2D eigenvalue weighted by Gasteiger charge is -2.09. The normalized spacial score (nSPS) is 10.2. The van der Waals surface area contributed by atoms with Crippen LogP contribution in [0.4, 0.5) is 0 Å². The summed E-state index contributed by atoms with van der Waals surface area (Å²) in [6.07, 6.45) is 0. The van der Waals surface area contributed by atoms with E-state index in [0.717, 1.165) is 0 Å². The molecule has 86 valence electrons. The number of rotatable bonds is 5. The van der Waals surface area contributed by atoms with Crippen molar-refractivity contribution in [1.82, 2.24) is 10.2 Å². The van der Waals surface area contributed by atoms with E-state index in [1.807, 2.05) is 19.0 Å². The van der Waals surface area contributed by atoms with Gasteiger partial charge in [-0.1, -0.05) is 30.3 Å². The Kier molecular flexibility index (Phi) is 4.66. The maximum atomic E-state index is 11.6. The SMILES string of the molecule is CN(C)CCNC(=O)C(=O)c1ccccc1. The lowest BCUT2D eigenvalue weighted by molar-refractivity contribution is -0.117. The van der Waals surface area contributed by atoms with Crippen LogP contribution in [-0.2, 0) is 4.79 Å². The van der Waals surface area contributed by atoms with Crippen LogP contribution in [0.3, 0.4) is 0 Å². The van der Waals surface area contributed by atoms with Gasteiger partial charge in [-0.15, -0.1) is 0 Å². The molecule has 0 saturated carbocycles. The van der Waals surface area contributed by atoms with E-state index in [1.54, 1.807) is 30.3 Å². The van der Waals surface area contributed by atoms with E-state index in [2.05, 4.69) is 5.32 Å². The van der Waals surface area contributed by atoms with E-state index >= 15 is 0 Å². The van der Waals surface area contributed by atoms with Crippen LogP contribution >= 0.6 is 0 Å². The van der Waals surface area contributed by atoms with Crippen molar-refractivity contribution in [2.75, 3.05) is 27.2 Å². The van der Waals surface area contributed by atoms with Crippen LogP contribution in [0, 0.1) is 0 Å². The first kappa shape index (κ1) is 12.4. The molecule has 0 atom stereocenters. The largest absolute Gasteiger partial charge is 0.348 e. The summed E-state index contributed by atoms with van der Waals surface area (Å²) in [6.45, 7) is 1.19. The second-order valence-corrected chi connectivity index (χ2v) is 3.75. The molecule has 0 fully saturated rings. The Balaban J connectivity index is 2.46. The number of likely N-dealkylation sites (N-methyl/N-ethyl adjacent to an activating group) is 1. The van der Waals surface area contributed by atoms with Crippen molar-refractivity contribution < 1.29 is 9.59 Å². The van der Waals surface area contributed by atoms with Crippen LogP contribution in [-0.4, -0.2) is 43.8 Å². The van der Waals surface area contributed by atoms with Crippen molar-refractivity contribution in [2.24, 2.45) is 0 Å². The van der Waals surface area contributed by atoms with Gasteiger partial charge in [0.2, 0.25) is 5.78 Å². The Morgan fingerprint density at radius 1 is 1.19 bits per heavy atom. The number of amides is 1. The molecule has 1 rings (SSSR count). The summed E-state index contributed by atoms with van der Waals surface area (Å²) < 4.78 is 0. The van der Waals surface area contributed by atoms with Gasteiger partial charge in [-0.2, -0.15) is 0 Å². The molecule has 1 N–H and O–H groups in total. The molecule has 0 spiro atoms. The first-order valence-electron chi connectivity index (χ1n) is 5.13. The van der Waals surface area contributed by atoms with Crippen molar-refractivity contribution in [3.8, 4) is 0 Å². The van der Waals surface area contributed by atoms with Gasteiger partial charge in [-0.25, -0.2) is 0 Å². The summed E-state index contributed by atoms with van der Waals surface area (Å²) in [4.78, 5) is 25.0. The molecule has 0 bridgehead atoms. The minimum atomic E-state index is -0.548. The number of carbonyl (C=O) groups excluding carboxylic acids is 2. The zero-order valence-electron chi connectivity index (χ0n) is 9.56. The minimum absolute atomic E-state index is 0.421. The number of nitrogens with one attached hydrogen (secondary N) is 1. The Morgan fingerprint density at radius 3 is 2.38 bits per heavy atom. The third-order valence-corrected chi connectivity index (χ3v) is 2.09. The fourth-order valence-corrected chi connectivity index (χ4v) is 1.19. The fraction of sp³-hybridized carbons (Fsp3) is 0.333.